The number of amides is 1. The molecule has 5 nitrogen and oxygen atoms in total. The van der Waals surface area contributed by atoms with E-state index in [1.807, 2.05) is 6.92 Å². The third-order valence-corrected chi connectivity index (χ3v) is 3.02. The van der Waals surface area contributed by atoms with Crippen molar-refractivity contribution in [2.24, 2.45) is 0 Å². The highest BCUT2D eigenvalue weighted by Crippen LogP contribution is 2.16. The number of halogens is 1. The minimum absolute atomic E-state index is 0.0700. The first kappa shape index (κ1) is 14.3. The first-order chi connectivity index (χ1) is 9.54. The van der Waals surface area contributed by atoms with Gasteiger partial charge in [0, 0.05) is 5.69 Å². The molecule has 1 amide bonds. The van der Waals surface area contributed by atoms with Gasteiger partial charge in [0.05, 0.1) is 11.4 Å². The number of aromatic nitrogens is 1. The number of benzene rings is 1. The molecule has 0 aliphatic rings. The third-order valence-electron chi connectivity index (χ3n) is 2.58. The molecular weight excluding hydrogens is 322 g/mol. The fourth-order valence-electron chi connectivity index (χ4n) is 1.56. The van der Waals surface area contributed by atoms with E-state index in [1.165, 1.54) is 0 Å². The van der Waals surface area contributed by atoms with Gasteiger partial charge in [-0.25, -0.2) is 4.98 Å². The molecule has 1 aromatic carbocycles. The van der Waals surface area contributed by atoms with Crippen LogP contribution < -0.4 is 15.8 Å². The molecule has 0 radical (unpaired) electrons. The Morgan fingerprint density at radius 1 is 1.30 bits per heavy atom. The van der Waals surface area contributed by atoms with Gasteiger partial charge in [0.15, 0.2) is 6.61 Å². The molecule has 2 aromatic rings. The summed E-state index contributed by atoms with van der Waals surface area (Å²) in [6, 6.07) is 10.4. The summed E-state index contributed by atoms with van der Waals surface area (Å²) < 4.78 is 6.09. The van der Waals surface area contributed by atoms with E-state index >= 15 is 0 Å². The second-order valence-electron chi connectivity index (χ2n) is 4.17. The third kappa shape index (κ3) is 3.96. The maximum Gasteiger partial charge on any atom is 0.262 e. The predicted octanol–water partition coefficient (Wildman–Crippen LogP) is 2.75. The van der Waals surface area contributed by atoms with Crippen LogP contribution in [0.15, 0.2) is 41.0 Å². The van der Waals surface area contributed by atoms with Crippen molar-refractivity contribution in [1.82, 2.24) is 4.98 Å². The Morgan fingerprint density at radius 2 is 2.00 bits per heavy atom. The molecule has 1 aromatic heterocycles. The number of anilines is 2. The molecular formula is C14H14BrN3O2. The van der Waals surface area contributed by atoms with E-state index in [4.69, 9.17) is 10.5 Å². The molecule has 0 bridgehead atoms. The Labute approximate surface area is 125 Å². The van der Waals surface area contributed by atoms with Gasteiger partial charge in [0.25, 0.3) is 5.91 Å². The quantitative estimate of drug-likeness (QED) is 0.665. The van der Waals surface area contributed by atoms with Crippen LogP contribution >= 0.6 is 15.9 Å². The fourth-order valence-corrected chi connectivity index (χ4v) is 1.96. The molecule has 0 spiro atoms. The average Bonchev–Trinajstić information content (AvgIpc) is 2.41. The molecule has 2 rings (SSSR count). The average molecular weight is 336 g/mol. The highest BCUT2D eigenvalue weighted by atomic mass is 79.9. The number of nitrogens with zero attached hydrogens (tertiary/aromatic N) is 1. The van der Waals surface area contributed by atoms with Gasteiger partial charge in [-0.05, 0) is 59.3 Å². The Kier molecular flexibility index (Phi) is 4.57. The van der Waals surface area contributed by atoms with Crippen LogP contribution in [0.1, 0.15) is 5.69 Å². The summed E-state index contributed by atoms with van der Waals surface area (Å²) in [5, 5.41) is 2.75. The van der Waals surface area contributed by atoms with Gasteiger partial charge in [0.1, 0.15) is 10.4 Å². The number of rotatable bonds is 4. The first-order valence-electron chi connectivity index (χ1n) is 5.96. The van der Waals surface area contributed by atoms with Crippen LogP contribution in [0.5, 0.6) is 5.75 Å². The van der Waals surface area contributed by atoms with Crippen molar-refractivity contribution in [3.05, 3.63) is 46.7 Å². The summed E-state index contributed by atoms with van der Waals surface area (Å²) in [5.74, 6) is 0.356. The van der Waals surface area contributed by atoms with Crippen molar-refractivity contribution in [1.29, 1.82) is 0 Å². The Bertz CT molecular complexity index is 614. The molecule has 1 heterocycles. The molecule has 0 aliphatic carbocycles. The molecule has 0 saturated carbocycles. The van der Waals surface area contributed by atoms with Crippen LogP contribution in [0.25, 0.3) is 0 Å². The SMILES string of the molecule is Cc1nc(Br)ccc1NC(=O)COc1ccc(N)cc1. The zero-order valence-corrected chi connectivity index (χ0v) is 12.5. The number of carbonyl (C=O) groups excluding carboxylic acids is 1. The minimum atomic E-state index is -0.242. The number of pyridine rings is 1. The number of ether oxygens (including phenoxy) is 1. The van der Waals surface area contributed by atoms with Crippen LogP contribution in [0.3, 0.4) is 0 Å². The number of nitrogens with one attached hydrogen (secondary N) is 1. The molecule has 104 valence electrons. The summed E-state index contributed by atoms with van der Waals surface area (Å²) >= 11 is 3.27. The molecule has 3 N–H and O–H groups in total. The lowest BCUT2D eigenvalue weighted by Crippen LogP contribution is -2.20. The molecule has 0 saturated heterocycles. The van der Waals surface area contributed by atoms with Crippen LogP contribution in [0, 0.1) is 6.92 Å². The zero-order valence-electron chi connectivity index (χ0n) is 10.9. The van der Waals surface area contributed by atoms with Gasteiger partial charge in [-0.2, -0.15) is 0 Å². The summed E-state index contributed by atoms with van der Waals surface area (Å²) in [6.07, 6.45) is 0. The lowest BCUT2D eigenvalue weighted by molar-refractivity contribution is -0.118. The monoisotopic (exact) mass is 335 g/mol. The second-order valence-corrected chi connectivity index (χ2v) is 4.99. The number of hydrogen-bond acceptors (Lipinski definition) is 4. The summed E-state index contributed by atoms with van der Waals surface area (Å²) in [5.41, 5.74) is 7.62. The number of hydrogen-bond donors (Lipinski definition) is 2. The smallest absolute Gasteiger partial charge is 0.262 e. The molecule has 0 fully saturated rings. The topological polar surface area (TPSA) is 77.2 Å². The molecule has 6 heteroatoms. The van der Waals surface area contributed by atoms with E-state index in [-0.39, 0.29) is 12.5 Å². The van der Waals surface area contributed by atoms with Crippen molar-refractivity contribution >= 4 is 33.2 Å². The van der Waals surface area contributed by atoms with Crippen molar-refractivity contribution in [2.45, 2.75) is 6.92 Å². The number of nitrogens with two attached hydrogens (primary N) is 1. The number of nitrogen functional groups attached to an aromatic ring is 1. The van der Waals surface area contributed by atoms with Gasteiger partial charge in [0.2, 0.25) is 0 Å². The lowest BCUT2D eigenvalue weighted by Gasteiger charge is -2.09. The summed E-state index contributed by atoms with van der Waals surface area (Å²) in [4.78, 5) is 16.0. The maximum absolute atomic E-state index is 11.8. The number of carbonyl (C=O) groups is 1. The van der Waals surface area contributed by atoms with Crippen molar-refractivity contribution < 1.29 is 9.53 Å². The van der Waals surface area contributed by atoms with Gasteiger partial charge in [-0.3, -0.25) is 4.79 Å². The maximum atomic E-state index is 11.8. The van der Waals surface area contributed by atoms with Crippen LogP contribution in [-0.4, -0.2) is 17.5 Å². The molecule has 0 unspecified atom stereocenters. The molecule has 0 aliphatic heterocycles. The van der Waals surface area contributed by atoms with Gasteiger partial charge in [-0.1, -0.05) is 0 Å². The minimum Gasteiger partial charge on any atom is -0.484 e. The van der Waals surface area contributed by atoms with Crippen molar-refractivity contribution in [3.63, 3.8) is 0 Å². The highest BCUT2D eigenvalue weighted by molar-refractivity contribution is 9.10. The Morgan fingerprint density at radius 3 is 2.65 bits per heavy atom. The molecule has 0 atom stereocenters. The summed E-state index contributed by atoms with van der Waals surface area (Å²) in [6.45, 7) is 1.75. The number of aryl methyl sites for hydroxylation is 1. The van der Waals surface area contributed by atoms with Crippen molar-refractivity contribution in [3.8, 4) is 5.75 Å². The Balaban J connectivity index is 1.90. The standard InChI is InChI=1S/C14H14BrN3O2/c1-9-12(6-7-13(15)17-9)18-14(19)8-20-11-4-2-10(16)3-5-11/h2-7H,8,16H2,1H3,(H,18,19). The van der Waals surface area contributed by atoms with E-state index in [9.17, 15) is 4.79 Å². The normalized spacial score (nSPS) is 10.1. The van der Waals surface area contributed by atoms with Crippen LogP contribution in [-0.2, 0) is 4.79 Å². The van der Waals surface area contributed by atoms with Gasteiger partial charge in [-0.15, -0.1) is 0 Å². The summed E-state index contributed by atoms with van der Waals surface area (Å²) in [7, 11) is 0. The zero-order chi connectivity index (χ0) is 14.5. The fraction of sp³-hybridized carbons (Fsp3) is 0.143. The van der Waals surface area contributed by atoms with Crippen molar-refractivity contribution in [2.75, 3.05) is 17.7 Å². The highest BCUT2D eigenvalue weighted by Gasteiger charge is 2.07. The largest absolute Gasteiger partial charge is 0.484 e. The Hall–Kier alpha value is -2.08. The van der Waals surface area contributed by atoms with E-state index in [0.717, 1.165) is 10.3 Å². The van der Waals surface area contributed by atoms with Crippen LogP contribution in [0.4, 0.5) is 11.4 Å². The van der Waals surface area contributed by atoms with E-state index in [2.05, 4.69) is 26.2 Å². The van der Waals surface area contributed by atoms with Gasteiger partial charge < -0.3 is 15.8 Å². The van der Waals surface area contributed by atoms with E-state index in [1.54, 1.807) is 36.4 Å². The predicted molar refractivity (Wildman–Crippen MR) is 81.7 cm³/mol. The van der Waals surface area contributed by atoms with E-state index in [0.29, 0.717) is 17.1 Å². The van der Waals surface area contributed by atoms with Gasteiger partial charge >= 0.3 is 0 Å². The van der Waals surface area contributed by atoms with Crippen LogP contribution in [0.2, 0.25) is 0 Å². The molecule has 20 heavy (non-hydrogen) atoms. The second kappa shape index (κ2) is 6.38. The van der Waals surface area contributed by atoms with E-state index < -0.39 is 0 Å². The first-order valence-corrected chi connectivity index (χ1v) is 6.75. The lowest BCUT2D eigenvalue weighted by atomic mass is 10.3.